The SMILES string of the molecule is COc1cccc(NC(=O)c2cnn3c2C[C@@H](CNC(=O)c2cccnc2)CC3)c1. The number of carbonyl (C=O) groups excluding carboxylic acids is 2. The molecule has 4 rings (SSSR count). The Morgan fingerprint density at radius 3 is 2.90 bits per heavy atom. The predicted molar refractivity (Wildman–Crippen MR) is 112 cm³/mol. The van der Waals surface area contributed by atoms with Crippen LogP contribution in [0.1, 0.15) is 32.8 Å². The fourth-order valence-electron chi connectivity index (χ4n) is 3.60. The monoisotopic (exact) mass is 405 g/mol. The summed E-state index contributed by atoms with van der Waals surface area (Å²) in [6.07, 6.45) is 6.36. The first-order chi connectivity index (χ1) is 14.6. The average Bonchev–Trinajstić information content (AvgIpc) is 3.21. The van der Waals surface area contributed by atoms with Crippen LogP contribution in [0.15, 0.2) is 55.0 Å². The molecule has 0 radical (unpaired) electrons. The zero-order valence-corrected chi connectivity index (χ0v) is 16.7. The number of benzene rings is 1. The van der Waals surface area contributed by atoms with E-state index < -0.39 is 0 Å². The van der Waals surface area contributed by atoms with Crippen LogP contribution in [0.3, 0.4) is 0 Å². The number of rotatable bonds is 6. The van der Waals surface area contributed by atoms with Crippen molar-refractivity contribution in [3.8, 4) is 5.75 Å². The van der Waals surface area contributed by atoms with E-state index in [0.29, 0.717) is 35.5 Å². The van der Waals surface area contributed by atoms with E-state index in [1.54, 1.807) is 43.9 Å². The minimum atomic E-state index is -0.204. The van der Waals surface area contributed by atoms with Gasteiger partial charge >= 0.3 is 0 Å². The van der Waals surface area contributed by atoms with Crippen molar-refractivity contribution in [3.63, 3.8) is 0 Å². The lowest BCUT2D eigenvalue weighted by Gasteiger charge is -2.24. The quantitative estimate of drug-likeness (QED) is 0.657. The number of aryl methyl sites for hydroxylation is 1. The third-order valence-corrected chi connectivity index (χ3v) is 5.23. The molecule has 0 aliphatic carbocycles. The Bertz CT molecular complexity index is 1050. The van der Waals surface area contributed by atoms with Crippen LogP contribution in [-0.2, 0) is 13.0 Å². The maximum Gasteiger partial charge on any atom is 0.259 e. The van der Waals surface area contributed by atoms with Crippen LogP contribution < -0.4 is 15.4 Å². The van der Waals surface area contributed by atoms with Gasteiger partial charge in [-0.2, -0.15) is 5.10 Å². The summed E-state index contributed by atoms with van der Waals surface area (Å²) in [5, 5.41) is 10.2. The molecule has 8 heteroatoms. The highest BCUT2D eigenvalue weighted by Gasteiger charge is 2.25. The smallest absolute Gasteiger partial charge is 0.259 e. The maximum atomic E-state index is 12.8. The molecule has 0 unspecified atom stereocenters. The first-order valence-electron chi connectivity index (χ1n) is 9.82. The molecule has 1 aromatic carbocycles. The van der Waals surface area contributed by atoms with Gasteiger partial charge in [0.2, 0.25) is 0 Å². The number of amides is 2. The highest BCUT2D eigenvalue weighted by Crippen LogP contribution is 2.24. The second-order valence-corrected chi connectivity index (χ2v) is 7.22. The largest absolute Gasteiger partial charge is 0.497 e. The molecule has 1 atom stereocenters. The van der Waals surface area contributed by atoms with E-state index in [1.165, 1.54) is 0 Å². The van der Waals surface area contributed by atoms with Crippen LogP contribution in [0.5, 0.6) is 5.75 Å². The van der Waals surface area contributed by atoms with Crippen molar-refractivity contribution in [2.45, 2.75) is 19.4 Å². The molecule has 8 nitrogen and oxygen atoms in total. The Hall–Kier alpha value is -3.68. The minimum absolute atomic E-state index is 0.141. The first-order valence-corrected chi connectivity index (χ1v) is 9.82. The molecular formula is C22H23N5O3. The van der Waals surface area contributed by atoms with Crippen molar-refractivity contribution in [2.24, 2.45) is 5.92 Å². The molecule has 0 saturated heterocycles. The number of pyridine rings is 1. The summed E-state index contributed by atoms with van der Waals surface area (Å²) in [5.74, 6) is 0.565. The Morgan fingerprint density at radius 2 is 2.10 bits per heavy atom. The van der Waals surface area contributed by atoms with Crippen LogP contribution in [-0.4, -0.2) is 40.2 Å². The van der Waals surface area contributed by atoms with Crippen molar-refractivity contribution in [3.05, 3.63) is 71.8 Å². The molecule has 3 aromatic rings. The van der Waals surface area contributed by atoms with Crippen molar-refractivity contribution < 1.29 is 14.3 Å². The number of hydrogen-bond acceptors (Lipinski definition) is 5. The van der Waals surface area contributed by atoms with Crippen LogP contribution in [0.25, 0.3) is 0 Å². The summed E-state index contributed by atoms with van der Waals surface area (Å²) in [4.78, 5) is 29.1. The predicted octanol–water partition coefficient (Wildman–Crippen LogP) is 2.53. The first kappa shape index (κ1) is 19.6. The maximum absolute atomic E-state index is 12.8. The topological polar surface area (TPSA) is 98.1 Å². The second kappa shape index (κ2) is 8.77. The fraction of sp³-hybridized carbons (Fsp3) is 0.273. The Balaban J connectivity index is 1.40. The van der Waals surface area contributed by atoms with E-state index in [2.05, 4.69) is 20.7 Å². The van der Waals surface area contributed by atoms with Gasteiger partial charge in [-0.1, -0.05) is 6.07 Å². The number of hydrogen-bond donors (Lipinski definition) is 2. The number of anilines is 1. The van der Waals surface area contributed by atoms with E-state index in [9.17, 15) is 9.59 Å². The lowest BCUT2D eigenvalue weighted by Crippen LogP contribution is -2.33. The summed E-state index contributed by atoms with van der Waals surface area (Å²) in [7, 11) is 1.59. The standard InChI is InChI=1S/C22H23N5O3/c1-30-18-6-2-5-17(11-18)26-22(29)19-14-25-27-9-7-15(10-20(19)27)12-24-21(28)16-4-3-8-23-13-16/h2-6,8,11,13-15H,7,9-10,12H2,1H3,(H,24,28)(H,26,29)/t15-/m0/s1. The van der Waals surface area contributed by atoms with E-state index in [4.69, 9.17) is 4.74 Å². The van der Waals surface area contributed by atoms with Crippen molar-refractivity contribution in [1.29, 1.82) is 0 Å². The molecule has 0 saturated carbocycles. The molecule has 2 N–H and O–H groups in total. The van der Waals surface area contributed by atoms with E-state index >= 15 is 0 Å². The lowest BCUT2D eigenvalue weighted by molar-refractivity contribution is 0.0942. The number of nitrogens with one attached hydrogen (secondary N) is 2. The van der Waals surface area contributed by atoms with Crippen molar-refractivity contribution >= 4 is 17.5 Å². The van der Waals surface area contributed by atoms with Gasteiger partial charge in [0, 0.05) is 37.2 Å². The molecule has 0 fully saturated rings. The third kappa shape index (κ3) is 4.32. The molecule has 1 aliphatic rings. The molecule has 0 spiro atoms. The molecule has 30 heavy (non-hydrogen) atoms. The number of carbonyl (C=O) groups is 2. The summed E-state index contributed by atoms with van der Waals surface area (Å²) < 4.78 is 7.08. The van der Waals surface area contributed by atoms with Gasteiger partial charge in [0.05, 0.1) is 30.1 Å². The number of nitrogens with zero attached hydrogens (tertiary/aromatic N) is 3. The highest BCUT2D eigenvalue weighted by atomic mass is 16.5. The van der Waals surface area contributed by atoms with E-state index in [1.807, 2.05) is 22.9 Å². The second-order valence-electron chi connectivity index (χ2n) is 7.22. The van der Waals surface area contributed by atoms with Gasteiger partial charge in [0.1, 0.15) is 5.75 Å². The van der Waals surface area contributed by atoms with E-state index in [-0.39, 0.29) is 17.7 Å². The van der Waals surface area contributed by atoms with Crippen molar-refractivity contribution in [1.82, 2.24) is 20.1 Å². The normalized spacial score (nSPS) is 15.2. The Labute approximate surface area is 174 Å². The molecule has 154 valence electrons. The third-order valence-electron chi connectivity index (χ3n) is 5.23. The Kier molecular flexibility index (Phi) is 5.74. The average molecular weight is 405 g/mol. The molecule has 0 bridgehead atoms. The van der Waals surface area contributed by atoms with E-state index in [0.717, 1.165) is 18.7 Å². The molecule has 2 amide bonds. The van der Waals surface area contributed by atoms with Gasteiger partial charge < -0.3 is 15.4 Å². The highest BCUT2D eigenvalue weighted by molar-refractivity contribution is 6.05. The van der Waals surface area contributed by atoms with Crippen molar-refractivity contribution in [2.75, 3.05) is 19.0 Å². The van der Waals surface area contributed by atoms with Gasteiger partial charge in [0.15, 0.2) is 0 Å². The summed E-state index contributed by atoms with van der Waals surface area (Å²) in [6.45, 7) is 1.26. The molecule has 3 heterocycles. The van der Waals surface area contributed by atoms with Crippen LogP contribution in [0.2, 0.25) is 0 Å². The molecule has 2 aromatic heterocycles. The fourth-order valence-corrected chi connectivity index (χ4v) is 3.60. The summed E-state index contributed by atoms with van der Waals surface area (Å²) >= 11 is 0. The minimum Gasteiger partial charge on any atom is -0.497 e. The van der Waals surface area contributed by atoms with Gasteiger partial charge in [0.25, 0.3) is 11.8 Å². The van der Waals surface area contributed by atoms with Crippen LogP contribution in [0, 0.1) is 5.92 Å². The molecule has 1 aliphatic heterocycles. The summed E-state index contributed by atoms with van der Waals surface area (Å²) in [6, 6.07) is 10.7. The summed E-state index contributed by atoms with van der Waals surface area (Å²) in [5.41, 5.74) is 2.65. The van der Waals surface area contributed by atoms with Gasteiger partial charge in [-0.05, 0) is 43.0 Å². The number of fused-ring (bicyclic) bond motifs is 1. The van der Waals surface area contributed by atoms with Gasteiger partial charge in [-0.15, -0.1) is 0 Å². The number of aromatic nitrogens is 3. The van der Waals surface area contributed by atoms with Crippen LogP contribution >= 0.6 is 0 Å². The Morgan fingerprint density at radius 1 is 1.20 bits per heavy atom. The lowest BCUT2D eigenvalue weighted by atomic mass is 9.94. The number of ether oxygens (including phenoxy) is 1. The van der Waals surface area contributed by atoms with Crippen LogP contribution in [0.4, 0.5) is 5.69 Å². The zero-order chi connectivity index (χ0) is 20.9. The molecular weight excluding hydrogens is 382 g/mol. The zero-order valence-electron chi connectivity index (χ0n) is 16.7. The van der Waals surface area contributed by atoms with Gasteiger partial charge in [-0.25, -0.2) is 0 Å². The number of methoxy groups -OCH3 is 1. The van der Waals surface area contributed by atoms with Gasteiger partial charge in [-0.3, -0.25) is 19.3 Å².